The molecule has 1 saturated heterocycles. The largest absolute Gasteiger partial charge is 0.463 e. The van der Waals surface area contributed by atoms with Crippen LogP contribution in [0.15, 0.2) is 82.1 Å². The van der Waals surface area contributed by atoms with Crippen molar-refractivity contribution in [1.82, 2.24) is 19.9 Å². The molecule has 35 heavy (non-hydrogen) atoms. The second-order valence-electron chi connectivity index (χ2n) is 8.73. The predicted octanol–water partition coefficient (Wildman–Crippen LogP) is 4.22. The van der Waals surface area contributed by atoms with Crippen molar-refractivity contribution in [3.05, 3.63) is 78.3 Å². The minimum absolute atomic E-state index is 0.0904. The molecule has 0 aliphatic carbocycles. The van der Waals surface area contributed by atoms with Gasteiger partial charge in [-0.05, 0) is 43.2 Å². The number of rotatable bonds is 6. The maximum Gasteiger partial charge on any atom is 0.315 e. The number of hydrazone groups is 1. The van der Waals surface area contributed by atoms with Crippen molar-refractivity contribution >= 4 is 29.0 Å². The Hall–Kier alpha value is -3.78. The summed E-state index contributed by atoms with van der Waals surface area (Å²) in [5, 5.41) is 7.55. The lowest BCUT2D eigenvalue weighted by Gasteiger charge is -2.30. The topological polar surface area (TPSA) is 81.5 Å². The van der Waals surface area contributed by atoms with Crippen LogP contribution in [0.1, 0.15) is 30.5 Å². The number of aliphatic imine (C=N–C) groups is 2. The number of benzene rings is 1. The normalized spacial score (nSPS) is 18.9. The van der Waals surface area contributed by atoms with Gasteiger partial charge in [0.25, 0.3) is 0 Å². The van der Waals surface area contributed by atoms with E-state index in [-0.39, 0.29) is 6.17 Å². The van der Waals surface area contributed by atoms with Gasteiger partial charge in [-0.1, -0.05) is 30.7 Å². The zero-order chi connectivity index (χ0) is 23.9. The van der Waals surface area contributed by atoms with Crippen molar-refractivity contribution in [2.24, 2.45) is 15.1 Å². The second-order valence-corrected chi connectivity index (χ2v) is 8.73. The zero-order valence-corrected chi connectivity index (χ0v) is 20.0. The summed E-state index contributed by atoms with van der Waals surface area (Å²) in [6.45, 7) is 2.52. The molecule has 1 N–H and O–H groups in total. The van der Waals surface area contributed by atoms with Crippen LogP contribution < -0.4 is 0 Å². The summed E-state index contributed by atoms with van der Waals surface area (Å²) >= 11 is 0. The van der Waals surface area contributed by atoms with E-state index >= 15 is 0 Å². The quantitative estimate of drug-likeness (QED) is 0.433. The SMILES string of the molecule is CN(/N=C/c1c[nH]c2ccccc12)C1=NC(OCCc2ccccn2)=NC(N2CCCCC2)C=C1. The summed E-state index contributed by atoms with van der Waals surface area (Å²) in [6.07, 6.45) is 14.0. The van der Waals surface area contributed by atoms with E-state index in [0.29, 0.717) is 24.9 Å². The van der Waals surface area contributed by atoms with E-state index in [1.807, 2.05) is 55.9 Å². The number of likely N-dealkylation sites (tertiary alicyclic amines) is 1. The maximum atomic E-state index is 6.05. The van der Waals surface area contributed by atoms with Crippen molar-refractivity contribution < 1.29 is 4.74 Å². The fraction of sp³-hybridized carbons (Fsp3) is 0.333. The Labute approximate surface area is 205 Å². The molecule has 5 rings (SSSR count). The molecule has 0 radical (unpaired) electrons. The minimum atomic E-state index is -0.0904. The van der Waals surface area contributed by atoms with Crippen LogP contribution in [0.25, 0.3) is 10.9 Å². The number of amidine groups is 2. The summed E-state index contributed by atoms with van der Waals surface area (Å²) < 4.78 is 6.05. The van der Waals surface area contributed by atoms with Crippen molar-refractivity contribution in [3.8, 4) is 0 Å². The van der Waals surface area contributed by atoms with Gasteiger partial charge in [0.05, 0.1) is 12.8 Å². The second kappa shape index (κ2) is 11.1. The monoisotopic (exact) mass is 469 g/mol. The fourth-order valence-electron chi connectivity index (χ4n) is 4.33. The van der Waals surface area contributed by atoms with Crippen molar-refractivity contribution in [2.75, 3.05) is 26.7 Å². The van der Waals surface area contributed by atoms with Gasteiger partial charge < -0.3 is 9.72 Å². The molecule has 0 spiro atoms. The number of nitrogens with zero attached hydrogens (tertiary/aromatic N) is 6. The third kappa shape index (κ3) is 5.84. The number of ether oxygens (including phenoxy) is 1. The highest BCUT2D eigenvalue weighted by Crippen LogP contribution is 2.18. The lowest BCUT2D eigenvalue weighted by molar-refractivity contribution is 0.191. The smallest absolute Gasteiger partial charge is 0.315 e. The number of likely N-dealkylation sites (N-methyl/N-ethyl adjacent to an activating group) is 1. The highest BCUT2D eigenvalue weighted by Gasteiger charge is 2.21. The number of hydrogen-bond donors (Lipinski definition) is 1. The first-order valence-electron chi connectivity index (χ1n) is 12.2. The van der Waals surface area contributed by atoms with Gasteiger partial charge in [-0.25, -0.2) is 4.99 Å². The third-order valence-corrected chi connectivity index (χ3v) is 6.27. The summed E-state index contributed by atoms with van der Waals surface area (Å²) in [4.78, 5) is 19.6. The maximum absolute atomic E-state index is 6.05. The molecule has 0 bridgehead atoms. The number of H-pyrrole nitrogens is 1. The van der Waals surface area contributed by atoms with E-state index in [2.05, 4.69) is 38.2 Å². The highest BCUT2D eigenvalue weighted by atomic mass is 16.5. The van der Waals surface area contributed by atoms with E-state index in [4.69, 9.17) is 14.7 Å². The Morgan fingerprint density at radius 2 is 2.00 bits per heavy atom. The molecule has 1 unspecified atom stereocenters. The van der Waals surface area contributed by atoms with Crippen LogP contribution in [0.3, 0.4) is 0 Å². The Kier molecular flexibility index (Phi) is 7.29. The van der Waals surface area contributed by atoms with Crippen LogP contribution >= 0.6 is 0 Å². The predicted molar refractivity (Wildman–Crippen MR) is 141 cm³/mol. The zero-order valence-electron chi connectivity index (χ0n) is 20.0. The molecule has 2 aliphatic rings. The minimum Gasteiger partial charge on any atom is -0.463 e. The third-order valence-electron chi connectivity index (χ3n) is 6.27. The molecule has 180 valence electrons. The van der Waals surface area contributed by atoms with Crippen LogP contribution in [-0.4, -0.2) is 70.9 Å². The van der Waals surface area contributed by atoms with Crippen LogP contribution in [0.4, 0.5) is 0 Å². The summed E-state index contributed by atoms with van der Waals surface area (Å²) in [5.74, 6) is 0.678. The summed E-state index contributed by atoms with van der Waals surface area (Å²) in [6, 6.07) is 14.5. The number of hydrogen-bond acceptors (Lipinski definition) is 7. The Balaban J connectivity index is 1.33. The molecule has 1 atom stereocenters. The number of fused-ring (bicyclic) bond motifs is 1. The molecule has 8 heteroatoms. The van der Waals surface area contributed by atoms with E-state index in [1.54, 1.807) is 11.2 Å². The molecule has 1 fully saturated rings. The van der Waals surface area contributed by atoms with Gasteiger partial charge in [0, 0.05) is 61.1 Å². The molecule has 0 saturated carbocycles. The number of aromatic nitrogens is 2. The molecule has 2 aromatic heterocycles. The standard InChI is InChI=1S/C27H31N7O/c1-33(30-20-21-19-29-24-11-4-3-10-23(21)24)25-12-13-26(34-16-7-2-8-17-34)32-27(31-25)35-18-14-22-9-5-6-15-28-22/h3-6,9-13,15,19-20,26,29H,2,7-8,14,16-18H2,1H3/b30-20+. The Bertz CT molecular complexity index is 1240. The number of para-hydroxylation sites is 1. The lowest BCUT2D eigenvalue weighted by Crippen LogP contribution is -2.37. The molecule has 1 aromatic carbocycles. The van der Waals surface area contributed by atoms with Gasteiger partial charge in [0.15, 0.2) is 5.84 Å². The van der Waals surface area contributed by atoms with Gasteiger partial charge in [-0.3, -0.25) is 14.9 Å². The lowest BCUT2D eigenvalue weighted by atomic mass is 10.1. The first-order chi connectivity index (χ1) is 17.3. The molecule has 0 amide bonds. The molecule has 3 aromatic rings. The van der Waals surface area contributed by atoms with E-state index in [0.717, 1.165) is 35.2 Å². The Morgan fingerprint density at radius 1 is 1.14 bits per heavy atom. The number of nitrogens with one attached hydrogen (secondary N) is 1. The van der Waals surface area contributed by atoms with E-state index in [1.165, 1.54) is 19.3 Å². The van der Waals surface area contributed by atoms with Gasteiger partial charge >= 0.3 is 6.02 Å². The van der Waals surface area contributed by atoms with E-state index < -0.39 is 0 Å². The van der Waals surface area contributed by atoms with E-state index in [9.17, 15) is 0 Å². The van der Waals surface area contributed by atoms with Crippen LogP contribution in [0.5, 0.6) is 0 Å². The van der Waals surface area contributed by atoms with Crippen LogP contribution in [0.2, 0.25) is 0 Å². The number of pyridine rings is 1. The first kappa shape index (κ1) is 23.0. The molecule has 4 heterocycles. The number of aromatic amines is 1. The molecular weight excluding hydrogens is 438 g/mol. The van der Waals surface area contributed by atoms with Gasteiger partial charge in [0.1, 0.15) is 6.17 Å². The van der Waals surface area contributed by atoms with Crippen molar-refractivity contribution in [1.29, 1.82) is 0 Å². The number of piperidine rings is 1. The fourth-order valence-corrected chi connectivity index (χ4v) is 4.33. The van der Waals surface area contributed by atoms with Crippen LogP contribution in [0, 0.1) is 0 Å². The first-order valence-corrected chi connectivity index (χ1v) is 12.2. The summed E-state index contributed by atoms with van der Waals surface area (Å²) in [7, 11) is 1.89. The molecule has 2 aliphatic heterocycles. The molecule has 8 nitrogen and oxygen atoms in total. The van der Waals surface area contributed by atoms with Gasteiger partial charge in [0.2, 0.25) is 0 Å². The van der Waals surface area contributed by atoms with Gasteiger partial charge in [-0.2, -0.15) is 10.1 Å². The van der Waals surface area contributed by atoms with Crippen molar-refractivity contribution in [3.63, 3.8) is 0 Å². The van der Waals surface area contributed by atoms with Gasteiger partial charge in [-0.15, -0.1) is 0 Å². The average Bonchev–Trinajstić information content (AvgIpc) is 3.20. The summed E-state index contributed by atoms with van der Waals surface area (Å²) in [5.41, 5.74) is 3.10. The molecular formula is C27H31N7O. The highest BCUT2D eigenvalue weighted by molar-refractivity contribution is 6.03. The Morgan fingerprint density at radius 3 is 2.86 bits per heavy atom. The van der Waals surface area contributed by atoms with Crippen molar-refractivity contribution in [2.45, 2.75) is 31.8 Å². The average molecular weight is 470 g/mol. The van der Waals surface area contributed by atoms with Crippen LogP contribution in [-0.2, 0) is 11.2 Å².